The summed E-state index contributed by atoms with van der Waals surface area (Å²) < 4.78 is 13.9. The standard InChI is InChI=1S/C14H20FN/c1-11-4-2-3-5-12(11)10-13-6-8-16-9-7-14(13)15/h2-5,13-14,16H,6-10H2,1H3. The van der Waals surface area contributed by atoms with E-state index < -0.39 is 6.17 Å². The van der Waals surface area contributed by atoms with E-state index in [1.165, 1.54) is 11.1 Å². The summed E-state index contributed by atoms with van der Waals surface area (Å²) in [5.41, 5.74) is 2.59. The minimum atomic E-state index is -0.644. The first-order valence-electron chi connectivity index (χ1n) is 6.16. The maximum Gasteiger partial charge on any atom is 0.104 e. The smallest absolute Gasteiger partial charge is 0.104 e. The Kier molecular flexibility index (Phi) is 3.94. The van der Waals surface area contributed by atoms with Crippen LogP contribution in [-0.4, -0.2) is 19.3 Å². The Labute approximate surface area is 97.1 Å². The Bertz CT molecular complexity index is 337. The molecule has 88 valence electrons. The third-order valence-corrected chi connectivity index (χ3v) is 3.54. The van der Waals surface area contributed by atoms with Crippen molar-refractivity contribution in [1.82, 2.24) is 5.32 Å². The molecule has 1 fully saturated rings. The van der Waals surface area contributed by atoms with Gasteiger partial charge in [-0.15, -0.1) is 0 Å². The van der Waals surface area contributed by atoms with Gasteiger partial charge in [-0.2, -0.15) is 0 Å². The summed E-state index contributed by atoms with van der Waals surface area (Å²) in [5, 5.41) is 3.27. The van der Waals surface area contributed by atoms with Crippen molar-refractivity contribution in [2.24, 2.45) is 5.92 Å². The van der Waals surface area contributed by atoms with E-state index in [0.29, 0.717) is 6.42 Å². The summed E-state index contributed by atoms with van der Waals surface area (Å²) >= 11 is 0. The molecule has 0 aliphatic carbocycles. The number of benzene rings is 1. The topological polar surface area (TPSA) is 12.0 Å². The van der Waals surface area contributed by atoms with Gasteiger partial charge in [0.1, 0.15) is 6.17 Å². The number of halogens is 1. The van der Waals surface area contributed by atoms with E-state index in [-0.39, 0.29) is 5.92 Å². The monoisotopic (exact) mass is 221 g/mol. The molecule has 2 unspecified atom stereocenters. The van der Waals surface area contributed by atoms with Crippen LogP contribution in [0.3, 0.4) is 0 Å². The van der Waals surface area contributed by atoms with Gasteiger partial charge in [0.25, 0.3) is 0 Å². The molecule has 1 N–H and O–H groups in total. The van der Waals surface area contributed by atoms with Gasteiger partial charge in [-0.1, -0.05) is 24.3 Å². The Morgan fingerprint density at radius 2 is 2.00 bits per heavy atom. The highest BCUT2D eigenvalue weighted by Gasteiger charge is 2.23. The molecule has 0 saturated carbocycles. The minimum absolute atomic E-state index is 0.191. The summed E-state index contributed by atoms with van der Waals surface area (Å²) in [7, 11) is 0. The normalized spacial score (nSPS) is 26.4. The number of aryl methyl sites for hydroxylation is 1. The molecule has 2 heteroatoms. The van der Waals surface area contributed by atoms with Gasteiger partial charge >= 0.3 is 0 Å². The third kappa shape index (κ3) is 2.82. The lowest BCUT2D eigenvalue weighted by atomic mass is 9.89. The van der Waals surface area contributed by atoms with E-state index in [9.17, 15) is 4.39 Å². The predicted octanol–water partition coefficient (Wildman–Crippen LogP) is 2.88. The quantitative estimate of drug-likeness (QED) is 0.809. The van der Waals surface area contributed by atoms with Crippen LogP contribution in [0.15, 0.2) is 24.3 Å². The molecule has 0 radical (unpaired) electrons. The van der Waals surface area contributed by atoms with E-state index in [2.05, 4.69) is 24.4 Å². The fourth-order valence-electron chi connectivity index (χ4n) is 2.42. The molecular weight excluding hydrogens is 201 g/mol. The zero-order valence-electron chi connectivity index (χ0n) is 9.88. The molecule has 1 nitrogen and oxygen atoms in total. The lowest BCUT2D eigenvalue weighted by molar-refractivity contribution is 0.219. The third-order valence-electron chi connectivity index (χ3n) is 3.54. The lowest BCUT2D eigenvalue weighted by Gasteiger charge is -2.19. The molecule has 1 saturated heterocycles. The van der Waals surface area contributed by atoms with E-state index in [1.807, 2.05) is 12.1 Å². The van der Waals surface area contributed by atoms with Crippen LogP contribution in [-0.2, 0) is 6.42 Å². The van der Waals surface area contributed by atoms with E-state index >= 15 is 0 Å². The molecule has 1 aliphatic rings. The van der Waals surface area contributed by atoms with Crippen molar-refractivity contribution in [3.8, 4) is 0 Å². The Morgan fingerprint density at radius 1 is 1.25 bits per heavy atom. The Morgan fingerprint density at radius 3 is 2.81 bits per heavy atom. The number of nitrogens with one attached hydrogen (secondary N) is 1. The predicted molar refractivity (Wildman–Crippen MR) is 65.4 cm³/mol. The first kappa shape index (κ1) is 11.6. The van der Waals surface area contributed by atoms with E-state index in [4.69, 9.17) is 0 Å². The van der Waals surface area contributed by atoms with Gasteiger partial charge < -0.3 is 5.32 Å². The molecule has 0 bridgehead atoms. The van der Waals surface area contributed by atoms with Crippen LogP contribution >= 0.6 is 0 Å². The maximum absolute atomic E-state index is 13.9. The Balaban J connectivity index is 2.05. The molecule has 2 atom stereocenters. The lowest BCUT2D eigenvalue weighted by Crippen LogP contribution is -2.18. The highest BCUT2D eigenvalue weighted by atomic mass is 19.1. The summed E-state index contributed by atoms with van der Waals surface area (Å²) in [5.74, 6) is 0.191. The molecule has 1 heterocycles. The second-order valence-electron chi connectivity index (χ2n) is 4.73. The van der Waals surface area contributed by atoms with E-state index in [0.717, 1.165) is 25.9 Å². The van der Waals surface area contributed by atoms with Gasteiger partial charge in [-0.25, -0.2) is 4.39 Å². The van der Waals surface area contributed by atoms with Crippen LogP contribution in [0.5, 0.6) is 0 Å². The van der Waals surface area contributed by atoms with Crippen molar-refractivity contribution in [1.29, 1.82) is 0 Å². The number of alkyl halides is 1. The Hall–Kier alpha value is -0.890. The van der Waals surface area contributed by atoms with Crippen LogP contribution in [0.2, 0.25) is 0 Å². The maximum atomic E-state index is 13.9. The van der Waals surface area contributed by atoms with Gasteiger partial charge in [0, 0.05) is 0 Å². The number of rotatable bonds is 2. The molecule has 1 aromatic rings. The SMILES string of the molecule is Cc1ccccc1CC1CCNCCC1F. The molecule has 2 rings (SSSR count). The number of hydrogen-bond donors (Lipinski definition) is 1. The fraction of sp³-hybridized carbons (Fsp3) is 0.571. The molecule has 0 aromatic heterocycles. The fourth-order valence-corrected chi connectivity index (χ4v) is 2.42. The molecule has 16 heavy (non-hydrogen) atoms. The first-order valence-corrected chi connectivity index (χ1v) is 6.16. The summed E-state index contributed by atoms with van der Waals surface area (Å²) in [6.45, 7) is 3.89. The van der Waals surface area contributed by atoms with Gasteiger partial charge in [-0.3, -0.25) is 0 Å². The van der Waals surface area contributed by atoms with Crippen LogP contribution in [0.1, 0.15) is 24.0 Å². The van der Waals surface area contributed by atoms with Crippen LogP contribution < -0.4 is 5.32 Å². The van der Waals surface area contributed by atoms with Crippen molar-refractivity contribution >= 4 is 0 Å². The van der Waals surface area contributed by atoms with Crippen LogP contribution in [0.25, 0.3) is 0 Å². The molecule has 1 aliphatic heterocycles. The van der Waals surface area contributed by atoms with Gasteiger partial charge in [0.05, 0.1) is 0 Å². The van der Waals surface area contributed by atoms with Crippen LogP contribution in [0.4, 0.5) is 4.39 Å². The minimum Gasteiger partial charge on any atom is -0.317 e. The van der Waals surface area contributed by atoms with Crippen molar-refractivity contribution in [3.63, 3.8) is 0 Å². The average Bonchev–Trinajstić information content (AvgIpc) is 2.48. The first-order chi connectivity index (χ1) is 7.77. The summed E-state index contributed by atoms with van der Waals surface area (Å²) in [6, 6.07) is 8.32. The van der Waals surface area contributed by atoms with Gasteiger partial charge in [-0.05, 0) is 56.3 Å². The zero-order chi connectivity index (χ0) is 11.4. The van der Waals surface area contributed by atoms with Crippen molar-refractivity contribution < 1.29 is 4.39 Å². The molecule has 1 aromatic carbocycles. The highest BCUT2D eigenvalue weighted by molar-refractivity contribution is 5.26. The second-order valence-corrected chi connectivity index (χ2v) is 4.73. The summed E-state index contributed by atoms with van der Waals surface area (Å²) in [4.78, 5) is 0. The van der Waals surface area contributed by atoms with Crippen molar-refractivity contribution in [2.75, 3.05) is 13.1 Å². The van der Waals surface area contributed by atoms with E-state index in [1.54, 1.807) is 0 Å². The van der Waals surface area contributed by atoms with Crippen molar-refractivity contribution in [3.05, 3.63) is 35.4 Å². The molecule has 0 spiro atoms. The zero-order valence-corrected chi connectivity index (χ0v) is 9.88. The number of hydrogen-bond acceptors (Lipinski definition) is 1. The largest absolute Gasteiger partial charge is 0.317 e. The molecule has 0 amide bonds. The van der Waals surface area contributed by atoms with Crippen LogP contribution in [0, 0.1) is 12.8 Å². The highest BCUT2D eigenvalue weighted by Crippen LogP contribution is 2.23. The van der Waals surface area contributed by atoms with Gasteiger partial charge in [0.2, 0.25) is 0 Å². The summed E-state index contributed by atoms with van der Waals surface area (Å²) in [6.07, 6.45) is 1.86. The molecular formula is C14H20FN. The van der Waals surface area contributed by atoms with Gasteiger partial charge in [0.15, 0.2) is 0 Å². The van der Waals surface area contributed by atoms with Crippen molar-refractivity contribution in [2.45, 2.75) is 32.4 Å². The average molecular weight is 221 g/mol. The second kappa shape index (κ2) is 5.44.